The fraction of sp³-hybridized carbons (Fsp3) is 0.600. The Kier molecular flexibility index (Phi) is 7.44. The van der Waals surface area contributed by atoms with E-state index in [1.165, 1.54) is 6.26 Å². The second-order valence-corrected chi connectivity index (χ2v) is 1.93. The van der Waals surface area contributed by atoms with Crippen LogP contribution in [0.4, 0.5) is 0 Å². The Hall–Kier alpha value is 0.230. The van der Waals surface area contributed by atoms with E-state index in [1.54, 1.807) is 0 Å². The minimum Gasteiger partial charge on any atom is -0.500 e. The molecule has 0 unspecified atom stereocenters. The summed E-state index contributed by atoms with van der Waals surface area (Å²) in [5.74, 6) is 0. The normalized spacial score (nSPS) is 8.62. The molecule has 0 aromatic rings. The smallest absolute Gasteiger partial charge is 0.0997 e. The summed E-state index contributed by atoms with van der Waals surface area (Å²) in [5, 5.41) is 3.10. The van der Waals surface area contributed by atoms with Crippen molar-refractivity contribution in [2.75, 3.05) is 17.7 Å². The lowest BCUT2D eigenvalue weighted by molar-refractivity contribution is 0.253. The predicted molar refractivity (Wildman–Crippen MR) is 43.0 cm³/mol. The molecule has 0 heterocycles. The van der Waals surface area contributed by atoms with Crippen LogP contribution < -0.4 is 5.32 Å². The SMILES string of the molecule is C=COCCNCI. The largest absolute Gasteiger partial charge is 0.500 e. The first-order valence-corrected chi connectivity index (χ1v) is 3.93. The minimum atomic E-state index is 0.715. The van der Waals surface area contributed by atoms with E-state index < -0.39 is 0 Å². The highest BCUT2D eigenvalue weighted by atomic mass is 127. The molecule has 0 saturated heterocycles. The van der Waals surface area contributed by atoms with Crippen molar-refractivity contribution in [2.24, 2.45) is 0 Å². The maximum absolute atomic E-state index is 4.83. The second-order valence-electron chi connectivity index (χ2n) is 1.17. The predicted octanol–water partition coefficient (Wildman–Crippen LogP) is 1.13. The quantitative estimate of drug-likeness (QED) is 0.250. The lowest BCUT2D eigenvalue weighted by atomic mass is 10.7. The first kappa shape index (κ1) is 8.23. The van der Waals surface area contributed by atoms with Crippen molar-refractivity contribution in [1.82, 2.24) is 5.32 Å². The summed E-state index contributed by atoms with van der Waals surface area (Å²) in [6.07, 6.45) is 1.45. The summed E-state index contributed by atoms with van der Waals surface area (Å²) in [4.78, 5) is 0. The molecule has 0 aromatic carbocycles. The van der Waals surface area contributed by atoms with Gasteiger partial charge in [-0.25, -0.2) is 0 Å². The topological polar surface area (TPSA) is 21.3 Å². The summed E-state index contributed by atoms with van der Waals surface area (Å²) in [6, 6.07) is 0. The average molecular weight is 227 g/mol. The molecule has 0 fully saturated rings. The Morgan fingerprint density at radius 3 is 3.00 bits per heavy atom. The number of hydrogen-bond donors (Lipinski definition) is 1. The van der Waals surface area contributed by atoms with Crippen LogP contribution in [0.2, 0.25) is 0 Å². The van der Waals surface area contributed by atoms with Gasteiger partial charge in [0.05, 0.1) is 12.9 Å². The first-order chi connectivity index (χ1) is 3.91. The van der Waals surface area contributed by atoms with Crippen molar-refractivity contribution < 1.29 is 4.74 Å². The monoisotopic (exact) mass is 227 g/mol. The van der Waals surface area contributed by atoms with Gasteiger partial charge in [0.1, 0.15) is 0 Å². The van der Waals surface area contributed by atoms with Gasteiger partial charge in [-0.15, -0.1) is 0 Å². The standard InChI is InChI=1S/C5H10INO/c1-2-8-4-3-7-5-6/h2,7H,1,3-5H2. The van der Waals surface area contributed by atoms with E-state index >= 15 is 0 Å². The first-order valence-electron chi connectivity index (χ1n) is 2.41. The zero-order chi connectivity index (χ0) is 6.24. The number of hydrogen-bond acceptors (Lipinski definition) is 2. The van der Waals surface area contributed by atoms with Crippen LogP contribution in [0, 0.1) is 0 Å². The van der Waals surface area contributed by atoms with E-state index in [0.717, 1.165) is 11.1 Å². The van der Waals surface area contributed by atoms with Crippen LogP contribution in [-0.2, 0) is 4.74 Å². The highest BCUT2D eigenvalue weighted by molar-refractivity contribution is 14.1. The number of alkyl halides is 1. The molecule has 3 heteroatoms. The van der Waals surface area contributed by atoms with Gasteiger partial charge >= 0.3 is 0 Å². The summed E-state index contributed by atoms with van der Waals surface area (Å²) < 4.78 is 5.80. The van der Waals surface area contributed by atoms with Gasteiger partial charge in [-0.1, -0.05) is 29.2 Å². The van der Waals surface area contributed by atoms with Gasteiger partial charge in [0.25, 0.3) is 0 Å². The molecule has 0 rings (SSSR count). The fourth-order valence-electron chi connectivity index (χ4n) is 0.281. The van der Waals surface area contributed by atoms with Gasteiger partial charge in [0.15, 0.2) is 0 Å². The maximum Gasteiger partial charge on any atom is 0.0997 e. The molecule has 2 nitrogen and oxygen atoms in total. The van der Waals surface area contributed by atoms with Crippen molar-refractivity contribution in [1.29, 1.82) is 0 Å². The molecule has 0 spiro atoms. The molecule has 8 heavy (non-hydrogen) atoms. The van der Waals surface area contributed by atoms with E-state index in [1.807, 2.05) is 0 Å². The van der Waals surface area contributed by atoms with Gasteiger partial charge in [-0.2, -0.15) is 0 Å². The van der Waals surface area contributed by atoms with E-state index in [9.17, 15) is 0 Å². The van der Waals surface area contributed by atoms with Crippen LogP contribution in [0.3, 0.4) is 0 Å². The van der Waals surface area contributed by atoms with Gasteiger partial charge in [0, 0.05) is 11.1 Å². The molecule has 0 aliphatic heterocycles. The van der Waals surface area contributed by atoms with Crippen LogP contribution >= 0.6 is 22.6 Å². The summed E-state index contributed by atoms with van der Waals surface area (Å²) in [6.45, 7) is 5.02. The Labute approximate surface area is 63.4 Å². The van der Waals surface area contributed by atoms with Crippen LogP contribution in [-0.4, -0.2) is 17.7 Å². The fourth-order valence-corrected chi connectivity index (χ4v) is 0.663. The molecule has 0 aromatic heterocycles. The maximum atomic E-state index is 4.83. The van der Waals surface area contributed by atoms with Crippen molar-refractivity contribution in [3.05, 3.63) is 12.8 Å². The molecule has 0 aliphatic carbocycles. The molecule has 0 aliphatic rings. The Bertz CT molecular complexity index is 58.4. The van der Waals surface area contributed by atoms with Crippen LogP contribution in [0.5, 0.6) is 0 Å². The highest BCUT2D eigenvalue weighted by Gasteiger charge is 1.79. The molecule has 1 N–H and O–H groups in total. The van der Waals surface area contributed by atoms with Crippen molar-refractivity contribution in [2.45, 2.75) is 0 Å². The summed E-state index contributed by atoms with van der Waals surface area (Å²) >= 11 is 2.25. The molecule has 0 radical (unpaired) electrons. The van der Waals surface area contributed by atoms with E-state index in [-0.39, 0.29) is 0 Å². The van der Waals surface area contributed by atoms with Crippen LogP contribution in [0.15, 0.2) is 12.8 Å². The van der Waals surface area contributed by atoms with Crippen molar-refractivity contribution >= 4 is 22.6 Å². The molecule has 0 bridgehead atoms. The third-order valence-corrected chi connectivity index (χ3v) is 1.15. The lowest BCUT2D eigenvalue weighted by Gasteiger charge is -1.98. The van der Waals surface area contributed by atoms with E-state index in [0.29, 0.717) is 6.61 Å². The second kappa shape index (κ2) is 7.23. The number of ether oxygens (including phenoxy) is 1. The zero-order valence-electron chi connectivity index (χ0n) is 4.69. The van der Waals surface area contributed by atoms with Gasteiger partial charge < -0.3 is 10.1 Å². The number of nitrogens with one attached hydrogen (secondary N) is 1. The molecule has 48 valence electrons. The van der Waals surface area contributed by atoms with E-state index in [4.69, 9.17) is 4.74 Å². The minimum absolute atomic E-state index is 0.715. The molecular weight excluding hydrogens is 217 g/mol. The van der Waals surface area contributed by atoms with Crippen LogP contribution in [0.25, 0.3) is 0 Å². The molecule has 0 amide bonds. The Morgan fingerprint density at radius 1 is 1.75 bits per heavy atom. The lowest BCUT2D eigenvalue weighted by Crippen LogP contribution is -2.16. The Morgan fingerprint density at radius 2 is 2.50 bits per heavy atom. The van der Waals surface area contributed by atoms with Crippen molar-refractivity contribution in [3.63, 3.8) is 0 Å². The third-order valence-electron chi connectivity index (χ3n) is 0.609. The highest BCUT2D eigenvalue weighted by Crippen LogP contribution is 1.74. The van der Waals surface area contributed by atoms with Crippen molar-refractivity contribution in [3.8, 4) is 0 Å². The summed E-state index contributed by atoms with van der Waals surface area (Å²) in [5.41, 5.74) is 0. The summed E-state index contributed by atoms with van der Waals surface area (Å²) in [7, 11) is 0. The number of rotatable bonds is 5. The van der Waals surface area contributed by atoms with Gasteiger partial charge in [-0.3, -0.25) is 0 Å². The average Bonchev–Trinajstić information content (AvgIpc) is 1.81. The van der Waals surface area contributed by atoms with Crippen LogP contribution in [0.1, 0.15) is 0 Å². The molecule has 0 atom stereocenters. The Balaban J connectivity index is 2.62. The van der Waals surface area contributed by atoms with Gasteiger partial charge in [-0.05, 0) is 0 Å². The third kappa shape index (κ3) is 6.23. The van der Waals surface area contributed by atoms with Gasteiger partial charge in [0.2, 0.25) is 0 Å². The zero-order valence-corrected chi connectivity index (χ0v) is 6.85. The molecular formula is C5H10INO. The molecule has 0 saturated carbocycles. The number of halogens is 1. The van der Waals surface area contributed by atoms with E-state index in [2.05, 4.69) is 34.5 Å².